The fourth-order valence-corrected chi connectivity index (χ4v) is 2.47. The van der Waals surface area contributed by atoms with Crippen molar-refractivity contribution in [1.29, 1.82) is 0 Å². The van der Waals surface area contributed by atoms with Gasteiger partial charge in [0, 0.05) is 6.20 Å². The van der Waals surface area contributed by atoms with Crippen LogP contribution in [0.25, 0.3) is 10.8 Å². The number of rotatable bonds is 3. The molecule has 3 aromatic rings. The van der Waals surface area contributed by atoms with Gasteiger partial charge in [0.1, 0.15) is 5.69 Å². The van der Waals surface area contributed by atoms with Gasteiger partial charge in [0.2, 0.25) is 0 Å². The van der Waals surface area contributed by atoms with Gasteiger partial charge in [-0.05, 0) is 35.4 Å². The quantitative estimate of drug-likeness (QED) is 0.792. The van der Waals surface area contributed by atoms with Crippen molar-refractivity contribution in [3.8, 4) is 0 Å². The number of carbonyl (C=O) groups excluding carboxylic acids is 1. The predicted octanol–water partition coefficient (Wildman–Crippen LogP) is 3.73. The van der Waals surface area contributed by atoms with Crippen molar-refractivity contribution in [2.24, 2.45) is 0 Å². The first-order valence-corrected chi connectivity index (χ1v) is 6.95. The number of hydrogen-bond donors (Lipinski definition) is 1. The fourth-order valence-electron chi connectivity index (χ4n) is 2.47. The second kappa shape index (κ2) is 5.75. The van der Waals surface area contributed by atoms with E-state index in [9.17, 15) is 4.79 Å². The lowest BCUT2D eigenvalue weighted by Gasteiger charge is -2.16. The maximum absolute atomic E-state index is 12.2. The van der Waals surface area contributed by atoms with Gasteiger partial charge in [0.15, 0.2) is 0 Å². The molecule has 1 N–H and O–H groups in total. The zero-order valence-electron chi connectivity index (χ0n) is 11.8. The lowest BCUT2D eigenvalue weighted by Crippen LogP contribution is -2.27. The third-order valence-electron chi connectivity index (χ3n) is 3.54. The summed E-state index contributed by atoms with van der Waals surface area (Å²) in [7, 11) is 0. The summed E-state index contributed by atoms with van der Waals surface area (Å²) in [6.07, 6.45) is 1.62. The Hall–Kier alpha value is -2.68. The molecule has 0 spiro atoms. The monoisotopic (exact) mass is 276 g/mol. The van der Waals surface area contributed by atoms with Crippen LogP contribution in [0.5, 0.6) is 0 Å². The van der Waals surface area contributed by atoms with Crippen molar-refractivity contribution in [2.45, 2.75) is 13.0 Å². The molecule has 21 heavy (non-hydrogen) atoms. The van der Waals surface area contributed by atoms with Crippen LogP contribution in [0.4, 0.5) is 0 Å². The number of hydrogen-bond acceptors (Lipinski definition) is 2. The minimum Gasteiger partial charge on any atom is -0.344 e. The molecular formula is C18H16N2O. The van der Waals surface area contributed by atoms with E-state index in [-0.39, 0.29) is 11.9 Å². The molecule has 0 saturated carbocycles. The van der Waals surface area contributed by atoms with E-state index in [0.29, 0.717) is 5.69 Å². The highest BCUT2D eigenvalue weighted by Gasteiger charge is 2.13. The molecule has 1 aromatic heterocycles. The van der Waals surface area contributed by atoms with Gasteiger partial charge in [-0.25, -0.2) is 0 Å². The standard InChI is InChI=1S/C18H16N2O/c1-13(20-18(21)17-11-4-5-12-19-17)15-10-6-8-14-7-2-3-9-16(14)15/h2-13H,1H3,(H,20,21). The van der Waals surface area contributed by atoms with Gasteiger partial charge in [0.25, 0.3) is 5.91 Å². The summed E-state index contributed by atoms with van der Waals surface area (Å²) in [4.78, 5) is 16.3. The molecule has 104 valence electrons. The smallest absolute Gasteiger partial charge is 0.270 e. The second-order valence-electron chi connectivity index (χ2n) is 4.98. The van der Waals surface area contributed by atoms with Crippen molar-refractivity contribution in [3.63, 3.8) is 0 Å². The van der Waals surface area contributed by atoms with Gasteiger partial charge in [-0.2, -0.15) is 0 Å². The van der Waals surface area contributed by atoms with Crippen LogP contribution in [0.3, 0.4) is 0 Å². The van der Waals surface area contributed by atoms with Crippen LogP contribution in [-0.4, -0.2) is 10.9 Å². The molecule has 1 heterocycles. The number of pyridine rings is 1. The predicted molar refractivity (Wildman–Crippen MR) is 84.1 cm³/mol. The topological polar surface area (TPSA) is 42.0 Å². The maximum Gasteiger partial charge on any atom is 0.270 e. The molecule has 3 nitrogen and oxygen atoms in total. The first kappa shape index (κ1) is 13.3. The van der Waals surface area contributed by atoms with Crippen molar-refractivity contribution >= 4 is 16.7 Å². The molecule has 0 aliphatic heterocycles. The maximum atomic E-state index is 12.2. The second-order valence-corrected chi connectivity index (χ2v) is 4.98. The minimum atomic E-state index is -0.156. The highest BCUT2D eigenvalue weighted by Crippen LogP contribution is 2.24. The van der Waals surface area contributed by atoms with E-state index in [1.54, 1.807) is 18.3 Å². The first-order valence-electron chi connectivity index (χ1n) is 6.95. The third-order valence-corrected chi connectivity index (χ3v) is 3.54. The highest BCUT2D eigenvalue weighted by atomic mass is 16.1. The number of nitrogens with zero attached hydrogens (tertiary/aromatic N) is 1. The Kier molecular flexibility index (Phi) is 3.65. The van der Waals surface area contributed by atoms with Gasteiger partial charge in [-0.15, -0.1) is 0 Å². The Labute approximate surface area is 123 Å². The van der Waals surface area contributed by atoms with E-state index in [1.165, 1.54) is 5.39 Å². The van der Waals surface area contributed by atoms with Crippen LogP contribution < -0.4 is 5.32 Å². The van der Waals surface area contributed by atoms with E-state index in [0.717, 1.165) is 10.9 Å². The first-order chi connectivity index (χ1) is 10.3. The summed E-state index contributed by atoms with van der Waals surface area (Å²) < 4.78 is 0. The summed E-state index contributed by atoms with van der Waals surface area (Å²) in [5, 5.41) is 5.34. The largest absolute Gasteiger partial charge is 0.344 e. The number of carbonyl (C=O) groups is 1. The number of aromatic nitrogens is 1. The average molecular weight is 276 g/mol. The average Bonchev–Trinajstić information content (AvgIpc) is 2.55. The van der Waals surface area contributed by atoms with Gasteiger partial charge < -0.3 is 5.32 Å². The molecule has 1 atom stereocenters. The van der Waals surface area contributed by atoms with Crippen molar-refractivity contribution in [2.75, 3.05) is 0 Å². The zero-order valence-corrected chi connectivity index (χ0v) is 11.8. The van der Waals surface area contributed by atoms with E-state index in [1.807, 2.05) is 37.3 Å². The minimum absolute atomic E-state index is 0.0781. The normalized spacial score (nSPS) is 12.0. The Morgan fingerprint density at radius 1 is 1.00 bits per heavy atom. The van der Waals surface area contributed by atoms with Crippen LogP contribution in [0, 0.1) is 0 Å². The molecule has 0 fully saturated rings. The van der Waals surface area contributed by atoms with Crippen LogP contribution in [0.15, 0.2) is 66.9 Å². The number of amides is 1. The van der Waals surface area contributed by atoms with Crippen LogP contribution in [0.1, 0.15) is 29.0 Å². The van der Waals surface area contributed by atoms with Crippen molar-refractivity contribution in [3.05, 3.63) is 78.1 Å². The van der Waals surface area contributed by atoms with Crippen LogP contribution >= 0.6 is 0 Å². The molecule has 3 heteroatoms. The zero-order chi connectivity index (χ0) is 14.7. The Morgan fingerprint density at radius 2 is 1.76 bits per heavy atom. The lowest BCUT2D eigenvalue weighted by molar-refractivity contribution is 0.0935. The molecule has 1 amide bonds. The number of benzene rings is 2. The summed E-state index contributed by atoms with van der Waals surface area (Å²) >= 11 is 0. The van der Waals surface area contributed by atoms with Gasteiger partial charge in [-0.1, -0.05) is 48.5 Å². The van der Waals surface area contributed by atoms with E-state index >= 15 is 0 Å². The fraction of sp³-hybridized carbons (Fsp3) is 0.111. The summed E-state index contributed by atoms with van der Waals surface area (Å²) in [5.41, 5.74) is 1.54. The highest BCUT2D eigenvalue weighted by molar-refractivity contribution is 5.93. The van der Waals surface area contributed by atoms with E-state index in [2.05, 4.69) is 28.5 Å². The molecule has 0 saturated heterocycles. The van der Waals surface area contributed by atoms with Gasteiger partial charge in [0.05, 0.1) is 6.04 Å². The Morgan fingerprint density at radius 3 is 2.57 bits per heavy atom. The summed E-state index contributed by atoms with van der Waals surface area (Å²) in [6.45, 7) is 1.99. The van der Waals surface area contributed by atoms with Crippen LogP contribution in [-0.2, 0) is 0 Å². The van der Waals surface area contributed by atoms with E-state index in [4.69, 9.17) is 0 Å². The molecule has 3 rings (SSSR count). The summed E-state index contributed by atoms with van der Waals surface area (Å²) in [6, 6.07) is 19.6. The molecule has 0 aliphatic carbocycles. The third kappa shape index (κ3) is 2.77. The number of fused-ring (bicyclic) bond motifs is 1. The number of nitrogens with one attached hydrogen (secondary N) is 1. The van der Waals surface area contributed by atoms with Crippen LogP contribution in [0.2, 0.25) is 0 Å². The Bertz CT molecular complexity index is 763. The van der Waals surface area contributed by atoms with Crippen molar-refractivity contribution < 1.29 is 4.79 Å². The van der Waals surface area contributed by atoms with Gasteiger partial charge >= 0.3 is 0 Å². The molecule has 0 bridgehead atoms. The molecule has 0 radical (unpaired) electrons. The van der Waals surface area contributed by atoms with Gasteiger partial charge in [-0.3, -0.25) is 9.78 Å². The lowest BCUT2D eigenvalue weighted by atomic mass is 9.99. The Balaban J connectivity index is 1.88. The SMILES string of the molecule is CC(NC(=O)c1ccccn1)c1cccc2ccccc12. The molecule has 1 unspecified atom stereocenters. The van der Waals surface area contributed by atoms with E-state index < -0.39 is 0 Å². The molecule has 2 aromatic carbocycles. The van der Waals surface area contributed by atoms with Crippen molar-refractivity contribution in [1.82, 2.24) is 10.3 Å². The molecular weight excluding hydrogens is 260 g/mol. The molecule has 0 aliphatic rings. The summed E-state index contributed by atoms with van der Waals surface area (Å²) in [5.74, 6) is -0.156.